The number of thiophene rings is 2. The lowest BCUT2D eigenvalue weighted by Crippen LogP contribution is -2.23. The van der Waals surface area contributed by atoms with Crippen molar-refractivity contribution in [3.63, 3.8) is 0 Å². The van der Waals surface area contributed by atoms with Crippen LogP contribution in [-0.4, -0.2) is 6.54 Å². The summed E-state index contributed by atoms with van der Waals surface area (Å²) < 4.78 is 1.23. The highest BCUT2D eigenvalue weighted by Crippen LogP contribution is 2.32. The van der Waals surface area contributed by atoms with Crippen molar-refractivity contribution in [2.24, 2.45) is 0 Å². The monoisotopic (exact) mass is 357 g/mol. The van der Waals surface area contributed by atoms with Crippen LogP contribution in [0.1, 0.15) is 40.9 Å². The molecule has 1 unspecified atom stereocenters. The molecule has 19 heavy (non-hydrogen) atoms. The molecule has 0 radical (unpaired) electrons. The number of hydrogen-bond donors (Lipinski definition) is 1. The minimum Gasteiger partial charge on any atom is -0.309 e. The summed E-state index contributed by atoms with van der Waals surface area (Å²) in [5.74, 6) is 0. The van der Waals surface area contributed by atoms with E-state index in [1.165, 1.54) is 25.5 Å². The SMILES string of the molecule is CCCNC(Cc1ccc(CC)s1)c1sccc1Br. The fraction of sp³-hybridized carbons (Fsp3) is 0.467. The molecule has 4 heteroatoms. The van der Waals surface area contributed by atoms with Crippen molar-refractivity contribution < 1.29 is 0 Å². The molecule has 0 aliphatic heterocycles. The minimum atomic E-state index is 0.428. The molecule has 0 saturated carbocycles. The van der Waals surface area contributed by atoms with Gasteiger partial charge in [-0.05, 0) is 58.9 Å². The number of nitrogens with one attached hydrogen (secondary N) is 1. The third-order valence-corrected chi connectivity index (χ3v) is 6.31. The van der Waals surface area contributed by atoms with Gasteiger partial charge in [-0.25, -0.2) is 0 Å². The van der Waals surface area contributed by atoms with Gasteiger partial charge in [0.15, 0.2) is 0 Å². The van der Waals surface area contributed by atoms with Crippen LogP contribution in [0, 0.1) is 0 Å². The zero-order valence-corrected chi connectivity index (χ0v) is 14.6. The number of hydrogen-bond acceptors (Lipinski definition) is 3. The van der Waals surface area contributed by atoms with E-state index in [1.54, 1.807) is 0 Å². The molecule has 0 fully saturated rings. The van der Waals surface area contributed by atoms with Gasteiger partial charge < -0.3 is 5.32 Å². The normalized spacial score (nSPS) is 12.8. The Morgan fingerprint density at radius 2 is 2.00 bits per heavy atom. The van der Waals surface area contributed by atoms with E-state index in [1.807, 2.05) is 22.7 Å². The van der Waals surface area contributed by atoms with Crippen molar-refractivity contribution in [3.8, 4) is 0 Å². The van der Waals surface area contributed by atoms with E-state index in [0.717, 1.165) is 19.4 Å². The van der Waals surface area contributed by atoms with Crippen molar-refractivity contribution >= 4 is 38.6 Å². The van der Waals surface area contributed by atoms with Gasteiger partial charge in [0.25, 0.3) is 0 Å². The largest absolute Gasteiger partial charge is 0.309 e. The summed E-state index contributed by atoms with van der Waals surface area (Å²) in [4.78, 5) is 4.38. The Bertz CT molecular complexity index is 504. The molecule has 104 valence electrons. The van der Waals surface area contributed by atoms with Crippen molar-refractivity contribution in [1.82, 2.24) is 5.32 Å². The fourth-order valence-corrected chi connectivity index (χ4v) is 4.78. The Hall–Kier alpha value is -0.160. The average Bonchev–Trinajstić information content (AvgIpc) is 3.03. The van der Waals surface area contributed by atoms with Gasteiger partial charge in [-0.15, -0.1) is 22.7 Å². The van der Waals surface area contributed by atoms with E-state index in [2.05, 4.69) is 58.7 Å². The summed E-state index contributed by atoms with van der Waals surface area (Å²) in [6.45, 7) is 5.51. The maximum atomic E-state index is 3.68. The summed E-state index contributed by atoms with van der Waals surface area (Å²) >= 11 is 7.45. The Morgan fingerprint density at radius 1 is 1.21 bits per heavy atom. The van der Waals surface area contributed by atoms with Gasteiger partial charge in [0.1, 0.15) is 0 Å². The van der Waals surface area contributed by atoms with E-state index in [0.29, 0.717) is 6.04 Å². The maximum absolute atomic E-state index is 3.68. The number of rotatable bonds is 7. The molecule has 0 aromatic carbocycles. The summed E-state index contributed by atoms with van der Waals surface area (Å²) in [7, 11) is 0. The lowest BCUT2D eigenvalue weighted by atomic mass is 10.1. The molecular weight excluding hydrogens is 338 g/mol. The van der Waals surface area contributed by atoms with Crippen LogP contribution in [0.2, 0.25) is 0 Å². The number of aryl methyl sites for hydroxylation is 1. The summed E-state index contributed by atoms with van der Waals surface area (Å²) in [5.41, 5.74) is 0. The molecule has 0 amide bonds. The van der Waals surface area contributed by atoms with Crippen LogP contribution in [0.3, 0.4) is 0 Å². The van der Waals surface area contributed by atoms with Crippen LogP contribution >= 0.6 is 38.6 Å². The van der Waals surface area contributed by atoms with Gasteiger partial charge in [-0.1, -0.05) is 13.8 Å². The lowest BCUT2D eigenvalue weighted by Gasteiger charge is -2.17. The molecule has 2 aromatic heterocycles. The highest BCUT2D eigenvalue weighted by Gasteiger charge is 2.16. The second kappa shape index (κ2) is 7.58. The molecule has 0 saturated heterocycles. The third kappa shape index (κ3) is 4.15. The molecule has 0 aliphatic rings. The average molecular weight is 358 g/mol. The Balaban J connectivity index is 2.11. The smallest absolute Gasteiger partial charge is 0.0475 e. The molecule has 0 aliphatic carbocycles. The van der Waals surface area contributed by atoms with Crippen molar-refractivity contribution in [3.05, 3.63) is 42.7 Å². The summed E-state index contributed by atoms with van der Waals surface area (Å²) in [6, 6.07) is 7.12. The third-order valence-electron chi connectivity index (χ3n) is 3.07. The highest BCUT2D eigenvalue weighted by atomic mass is 79.9. The van der Waals surface area contributed by atoms with Crippen molar-refractivity contribution in [2.45, 2.75) is 39.2 Å². The van der Waals surface area contributed by atoms with Gasteiger partial charge in [-0.2, -0.15) is 0 Å². The van der Waals surface area contributed by atoms with E-state index < -0.39 is 0 Å². The first-order chi connectivity index (χ1) is 9.24. The zero-order chi connectivity index (χ0) is 13.7. The molecule has 1 atom stereocenters. The maximum Gasteiger partial charge on any atom is 0.0475 e. The Labute approximate surface area is 132 Å². The number of halogens is 1. The summed E-state index contributed by atoms with van der Waals surface area (Å²) in [6.07, 6.45) is 3.40. The minimum absolute atomic E-state index is 0.428. The van der Waals surface area contributed by atoms with Crippen LogP contribution in [0.25, 0.3) is 0 Å². The Kier molecular flexibility index (Phi) is 6.07. The quantitative estimate of drug-likeness (QED) is 0.697. The van der Waals surface area contributed by atoms with Gasteiger partial charge in [0, 0.05) is 31.6 Å². The molecule has 0 bridgehead atoms. The molecule has 2 rings (SSSR count). The van der Waals surface area contributed by atoms with E-state index in [-0.39, 0.29) is 0 Å². The Morgan fingerprint density at radius 3 is 2.58 bits per heavy atom. The second-order valence-electron chi connectivity index (χ2n) is 4.57. The highest BCUT2D eigenvalue weighted by molar-refractivity contribution is 9.10. The van der Waals surface area contributed by atoms with Crippen LogP contribution < -0.4 is 5.32 Å². The van der Waals surface area contributed by atoms with E-state index >= 15 is 0 Å². The van der Waals surface area contributed by atoms with Gasteiger partial charge >= 0.3 is 0 Å². The van der Waals surface area contributed by atoms with Gasteiger partial charge in [0.05, 0.1) is 0 Å². The van der Waals surface area contributed by atoms with Crippen LogP contribution in [0.15, 0.2) is 28.1 Å². The summed E-state index contributed by atoms with van der Waals surface area (Å²) in [5, 5.41) is 5.83. The molecule has 2 heterocycles. The molecule has 2 aromatic rings. The lowest BCUT2D eigenvalue weighted by molar-refractivity contribution is 0.538. The van der Waals surface area contributed by atoms with Crippen molar-refractivity contribution in [2.75, 3.05) is 6.54 Å². The molecule has 1 nitrogen and oxygen atoms in total. The van der Waals surface area contributed by atoms with Crippen LogP contribution in [0.4, 0.5) is 0 Å². The van der Waals surface area contributed by atoms with Crippen molar-refractivity contribution in [1.29, 1.82) is 0 Å². The first kappa shape index (κ1) is 15.2. The first-order valence-electron chi connectivity index (χ1n) is 6.78. The first-order valence-corrected chi connectivity index (χ1v) is 9.27. The molecule has 0 spiro atoms. The molecular formula is C15H20BrNS2. The van der Waals surface area contributed by atoms with E-state index in [4.69, 9.17) is 0 Å². The van der Waals surface area contributed by atoms with Crippen LogP contribution in [-0.2, 0) is 12.8 Å². The predicted molar refractivity (Wildman–Crippen MR) is 90.5 cm³/mol. The van der Waals surface area contributed by atoms with Gasteiger partial charge in [0.2, 0.25) is 0 Å². The second-order valence-corrected chi connectivity index (χ2v) is 7.62. The van der Waals surface area contributed by atoms with Gasteiger partial charge in [-0.3, -0.25) is 0 Å². The van der Waals surface area contributed by atoms with Crippen LogP contribution in [0.5, 0.6) is 0 Å². The zero-order valence-electron chi connectivity index (χ0n) is 11.4. The predicted octanol–water partition coefficient (Wildman–Crippen LogP) is 5.42. The van der Waals surface area contributed by atoms with E-state index in [9.17, 15) is 0 Å². The fourth-order valence-electron chi connectivity index (χ4n) is 2.05. The molecule has 1 N–H and O–H groups in total. The topological polar surface area (TPSA) is 12.0 Å². The standard InChI is InChI=1S/C15H20BrNS2/c1-3-8-17-14(15-13(16)7-9-18-15)10-12-6-5-11(4-2)19-12/h5-7,9,14,17H,3-4,8,10H2,1-2H3.